The molecule has 1 amide bonds. The lowest BCUT2D eigenvalue weighted by Gasteiger charge is -2.03. The first-order valence-corrected chi connectivity index (χ1v) is 7.14. The molecule has 0 radical (unpaired) electrons. The van der Waals surface area contributed by atoms with Gasteiger partial charge >= 0.3 is 0 Å². The van der Waals surface area contributed by atoms with Crippen molar-refractivity contribution in [2.45, 2.75) is 13.5 Å². The fraction of sp³-hybridized carbons (Fsp3) is 0.118. The van der Waals surface area contributed by atoms with Gasteiger partial charge in [-0.25, -0.2) is 9.07 Å². The Bertz CT molecular complexity index is 830. The van der Waals surface area contributed by atoms with Crippen molar-refractivity contribution in [3.63, 3.8) is 0 Å². The molecule has 6 heteroatoms. The first-order valence-electron chi connectivity index (χ1n) is 7.14. The number of rotatable bonds is 4. The zero-order chi connectivity index (χ0) is 16.2. The Kier molecular flexibility index (Phi) is 4.14. The average Bonchev–Trinajstić information content (AvgIpc) is 3.06. The molecule has 2 aromatic carbocycles. The van der Waals surface area contributed by atoms with E-state index in [1.165, 1.54) is 16.9 Å². The SMILES string of the molecule is Cc1cc(-n2cc(C(=O)NCc3ccccc3)nn2)ccc1F. The molecule has 0 fully saturated rings. The number of nitrogens with one attached hydrogen (secondary N) is 1. The molecular formula is C17H15FN4O. The van der Waals surface area contributed by atoms with E-state index in [4.69, 9.17) is 0 Å². The summed E-state index contributed by atoms with van der Waals surface area (Å²) in [5.41, 5.74) is 2.37. The van der Waals surface area contributed by atoms with Gasteiger partial charge in [0.25, 0.3) is 5.91 Å². The molecule has 0 saturated heterocycles. The summed E-state index contributed by atoms with van der Waals surface area (Å²) in [6, 6.07) is 14.2. The molecule has 23 heavy (non-hydrogen) atoms. The largest absolute Gasteiger partial charge is 0.347 e. The first kappa shape index (κ1) is 14.9. The molecule has 0 saturated carbocycles. The van der Waals surface area contributed by atoms with Gasteiger partial charge in [0.05, 0.1) is 11.9 Å². The maximum atomic E-state index is 13.3. The van der Waals surface area contributed by atoms with E-state index in [1.54, 1.807) is 19.1 Å². The Morgan fingerprint density at radius 1 is 1.22 bits per heavy atom. The molecule has 3 rings (SSSR count). The molecular weight excluding hydrogens is 295 g/mol. The third-order valence-corrected chi connectivity index (χ3v) is 3.43. The highest BCUT2D eigenvalue weighted by atomic mass is 19.1. The van der Waals surface area contributed by atoms with Crippen LogP contribution < -0.4 is 5.32 Å². The molecule has 1 N–H and O–H groups in total. The molecule has 3 aromatic rings. The predicted octanol–water partition coefficient (Wildman–Crippen LogP) is 2.64. The minimum absolute atomic E-state index is 0.211. The fourth-order valence-corrected chi connectivity index (χ4v) is 2.13. The summed E-state index contributed by atoms with van der Waals surface area (Å²) >= 11 is 0. The molecule has 5 nitrogen and oxygen atoms in total. The quantitative estimate of drug-likeness (QED) is 0.806. The van der Waals surface area contributed by atoms with Gasteiger partial charge in [0.2, 0.25) is 0 Å². The van der Waals surface area contributed by atoms with E-state index in [0.717, 1.165) is 5.56 Å². The number of halogens is 1. The summed E-state index contributed by atoms with van der Waals surface area (Å²) in [6.45, 7) is 2.09. The van der Waals surface area contributed by atoms with Crippen molar-refractivity contribution in [3.8, 4) is 5.69 Å². The smallest absolute Gasteiger partial charge is 0.273 e. The van der Waals surface area contributed by atoms with Crippen molar-refractivity contribution in [1.29, 1.82) is 0 Å². The van der Waals surface area contributed by atoms with Gasteiger partial charge in [-0.05, 0) is 36.2 Å². The van der Waals surface area contributed by atoms with Gasteiger partial charge in [-0.1, -0.05) is 35.5 Å². The number of benzene rings is 2. The van der Waals surface area contributed by atoms with Crippen molar-refractivity contribution < 1.29 is 9.18 Å². The van der Waals surface area contributed by atoms with Crippen molar-refractivity contribution in [2.75, 3.05) is 0 Å². The minimum Gasteiger partial charge on any atom is -0.347 e. The first-order chi connectivity index (χ1) is 11.1. The number of nitrogens with zero attached hydrogens (tertiary/aromatic N) is 3. The lowest BCUT2D eigenvalue weighted by Crippen LogP contribution is -2.23. The van der Waals surface area contributed by atoms with E-state index >= 15 is 0 Å². The summed E-state index contributed by atoms with van der Waals surface area (Å²) in [5.74, 6) is -0.589. The molecule has 0 aliphatic heterocycles. The molecule has 0 aliphatic rings. The number of hydrogen-bond acceptors (Lipinski definition) is 3. The van der Waals surface area contributed by atoms with Crippen LogP contribution in [-0.2, 0) is 6.54 Å². The number of carbonyl (C=O) groups is 1. The van der Waals surface area contributed by atoms with Crippen LogP contribution in [0.25, 0.3) is 5.69 Å². The van der Waals surface area contributed by atoms with E-state index in [2.05, 4.69) is 15.6 Å². The third-order valence-electron chi connectivity index (χ3n) is 3.43. The Labute approximate surface area is 132 Å². The van der Waals surface area contributed by atoms with Crippen molar-refractivity contribution in [2.24, 2.45) is 0 Å². The maximum Gasteiger partial charge on any atom is 0.273 e. The van der Waals surface area contributed by atoms with Gasteiger partial charge in [0, 0.05) is 6.54 Å². The van der Waals surface area contributed by atoms with Crippen LogP contribution in [0, 0.1) is 12.7 Å². The molecule has 1 aromatic heterocycles. The number of amides is 1. The summed E-state index contributed by atoms with van der Waals surface area (Å²) in [6.07, 6.45) is 1.52. The highest BCUT2D eigenvalue weighted by molar-refractivity contribution is 5.91. The van der Waals surface area contributed by atoms with Crippen LogP contribution in [0.1, 0.15) is 21.6 Å². The normalized spacial score (nSPS) is 10.5. The lowest BCUT2D eigenvalue weighted by molar-refractivity contribution is 0.0946. The Morgan fingerprint density at radius 2 is 2.00 bits per heavy atom. The second kappa shape index (κ2) is 6.39. The summed E-state index contributed by atoms with van der Waals surface area (Å²) in [5, 5.41) is 10.6. The van der Waals surface area contributed by atoms with Crippen LogP contribution >= 0.6 is 0 Å². The minimum atomic E-state index is -0.307. The number of hydrogen-bond donors (Lipinski definition) is 1. The van der Waals surface area contributed by atoms with Gasteiger partial charge in [0.1, 0.15) is 5.82 Å². The number of aromatic nitrogens is 3. The van der Waals surface area contributed by atoms with Gasteiger partial charge < -0.3 is 5.32 Å². The maximum absolute atomic E-state index is 13.3. The van der Waals surface area contributed by atoms with Gasteiger partial charge in [-0.3, -0.25) is 4.79 Å². The van der Waals surface area contributed by atoms with E-state index in [9.17, 15) is 9.18 Å². The zero-order valence-electron chi connectivity index (χ0n) is 12.5. The van der Waals surface area contributed by atoms with E-state index in [-0.39, 0.29) is 17.4 Å². The van der Waals surface area contributed by atoms with Gasteiger partial charge in [-0.15, -0.1) is 5.10 Å². The average molecular weight is 310 g/mol. The van der Waals surface area contributed by atoms with Gasteiger partial charge in [-0.2, -0.15) is 0 Å². The number of aryl methyl sites for hydroxylation is 1. The summed E-state index contributed by atoms with van der Waals surface area (Å²) < 4.78 is 14.7. The molecule has 116 valence electrons. The molecule has 1 heterocycles. The van der Waals surface area contributed by atoms with E-state index < -0.39 is 0 Å². The molecule has 0 unspecified atom stereocenters. The fourth-order valence-electron chi connectivity index (χ4n) is 2.13. The standard InChI is InChI=1S/C17H15FN4O/c1-12-9-14(7-8-15(12)18)22-11-16(20-21-22)17(23)19-10-13-5-3-2-4-6-13/h2-9,11H,10H2,1H3,(H,19,23). The van der Waals surface area contributed by atoms with E-state index in [1.807, 2.05) is 30.3 Å². The Balaban J connectivity index is 1.71. The lowest BCUT2D eigenvalue weighted by atomic mass is 10.2. The van der Waals surface area contributed by atoms with Crippen molar-refractivity contribution >= 4 is 5.91 Å². The zero-order valence-corrected chi connectivity index (χ0v) is 12.5. The van der Waals surface area contributed by atoms with Crippen LogP contribution in [0.5, 0.6) is 0 Å². The topological polar surface area (TPSA) is 59.8 Å². The summed E-state index contributed by atoms with van der Waals surface area (Å²) in [7, 11) is 0. The van der Waals surface area contributed by atoms with Crippen LogP contribution in [0.15, 0.2) is 54.7 Å². The highest BCUT2D eigenvalue weighted by Crippen LogP contribution is 2.13. The third kappa shape index (κ3) is 3.42. The Hall–Kier alpha value is -3.02. The monoisotopic (exact) mass is 310 g/mol. The molecule has 0 atom stereocenters. The highest BCUT2D eigenvalue weighted by Gasteiger charge is 2.11. The molecule has 0 aliphatic carbocycles. The van der Waals surface area contributed by atoms with Crippen molar-refractivity contribution in [3.05, 3.63) is 77.4 Å². The van der Waals surface area contributed by atoms with Crippen LogP contribution in [0.2, 0.25) is 0 Å². The molecule has 0 bridgehead atoms. The van der Waals surface area contributed by atoms with Crippen LogP contribution in [-0.4, -0.2) is 20.9 Å². The predicted molar refractivity (Wildman–Crippen MR) is 83.7 cm³/mol. The summed E-state index contributed by atoms with van der Waals surface area (Å²) in [4.78, 5) is 12.1. The van der Waals surface area contributed by atoms with Crippen molar-refractivity contribution in [1.82, 2.24) is 20.3 Å². The van der Waals surface area contributed by atoms with E-state index in [0.29, 0.717) is 17.8 Å². The second-order valence-corrected chi connectivity index (χ2v) is 5.15. The van der Waals surface area contributed by atoms with Crippen LogP contribution in [0.4, 0.5) is 4.39 Å². The molecule has 0 spiro atoms. The second-order valence-electron chi connectivity index (χ2n) is 5.15. The van der Waals surface area contributed by atoms with Crippen LogP contribution in [0.3, 0.4) is 0 Å². The van der Waals surface area contributed by atoms with Gasteiger partial charge in [0.15, 0.2) is 5.69 Å². The Morgan fingerprint density at radius 3 is 2.74 bits per heavy atom. The number of carbonyl (C=O) groups excluding carboxylic acids is 1.